The summed E-state index contributed by atoms with van der Waals surface area (Å²) in [6.07, 6.45) is 1.46. The van der Waals surface area contributed by atoms with E-state index in [2.05, 4.69) is 15.5 Å². The first-order valence-electron chi connectivity index (χ1n) is 6.17. The highest BCUT2D eigenvalue weighted by Crippen LogP contribution is 2.15. The minimum absolute atomic E-state index is 0.232. The number of ether oxygens (including phenoxy) is 1. The van der Waals surface area contributed by atoms with Crippen LogP contribution in [0.2, 0.25) is 0 Å². The van der Waals surface area contributed by atoms with E-state index in [-0.39, 0.29) is 12.1 Å². The third-order valence-corrected chi connectivity index (χ3v) is 2.88. The van der Waals surface area contributed by atoms with Crippen LogP contribution in [0.1, 0.15) is 25.6 Å². The topological polar surface area (TPSA) is 80.5 Å². The van der Waals surface area contributed by atoms with Crippen molar-refractivity contribution in [3.8, 4) is 0 Å². The zero-order valence-corrected chi connectivity index (χ0v) is 10.7. The number of amides is 1. The molecule has 0 aromatic carbocycles. The van der Waals surface area contributed by atoms with Crippen molar-refractivity contribution in [1.82, 2.24) is 15.0 Å². The molecule has 0 saturated carbocycles. The number of nitrogens with zero attached hydrogens (tertiary/aromatic N) is 3. The molecule has 1 amide bonds. The summed E-state index contributed by atoms with van der Waals surface area (Å²) in [6.45, 7) is 5.37. The summed E-state index contributed by atoms with van der Waals surface area (Å²) in [7, 11) is 0. The molecule has 0 radical (unpaired) electrons. The molecule has 0 atom stereocenters. The molecule has 0 unspecified atom stereocenters. The Labute approximate surface area is 105 Å². The fourth-order valence-electron chi connectivity index (χ4n) is 1.95. The number of rotatable bonds is 3. The van der Waals surface area contributed by atoms with Crippen LogP contribution in [0, 0.1) is 6.92 Å². The number of hydrogen-bond acceptors (Lipinski definition) is 6. The molecule has 100 valence electrons. The van der Waals surface area contributed by atoms with Gasteiger partial charge in [-0.05, 0) is 26.7 Å². The molecule has 0 spiro atoms. The molecular weight excluding hydrogens is 236 g/mol. The van der Waals surface area contributed by atoms with Gasteiger partial charge in [0, 0.05) is 19.1 Å². The SMILES string of the molecule is CCOC(=O)N1CCC(Nc2nc(C)no2)CC1. The van der Waals surface area contributed by atoms with Gasteiger partial charge in [-0.1, -0.05) is 5.16 Å². The Morgan fingerprint density at radius 1 is 1.56 bits per heavy atom. The van der Waals surface area contributed by atoms with Crippen LogP contribution < -0.4 is 5.32 Å². The molecule has 1 aliphatic heterocycles. The molecular formula is C11H18N4O3. The molecule has 1 aliphatic rings. The lowest BCUT2D eigenvalue weighted by Gasteiger charge is -2.31. The van der Waals surface area contributed by atoms with Crippen molar-refractivity contribution < 1.29 is 14.1 Å². The van der Waals surface area contributed by atoms with E-state index in [9.17, 15) is 4.79 Å². The summed E-state index contributed by atoms with van der Waals surface area (Å²) in [6, 6.07) is 0.706. The zero-order valence-electron chi connectivity index (χ0n) is 10.7. The Hall–Kier alpha value is -1.79. The van der Waals surface area contributed by atoms with Crippen LogP contribution in [-0.4, -0.2) is 46.9 Å². The van der Waals surface area contributed by atoms with Crippen LogP contribution in [0.5, 0.6) is 0 Å². The summed E-state index contributed by atoms with van der Waals surface area (Å²) in [5, 5.41) is 6.89. The normalized spacial score (nSPS) is 16.7. The Balaban J connectivity index is 1.78. The van der Waals surface area contributed by atoms with Gasteiger partial charge in [-0.15, -0.1) is 0 Å². The highest BCUT2D eigenvalue weighted by molar-refractivity contribution is 5.67. The minimum Gasteiger partial charge on any atom is -0.450 e. The number of anilines is 1. The maximum atomic E-state index is 11.5. The quantitative estimate of drug-likeness (QED) is 0.878. The van der Waals surface area contributed by atoms with Crippen molar-refractivity contribution >= 4 is 12.1 Å². The predicted octanol–water partition coefficient (Wildman–Crippen LogP) is 1.41. The summed E-state index contributed by atoms with van der Waals surface area (Å²) < 4.78 is 9.97. The second-order valence-corrected chi connectivity index (χ2v) is 4.25. The van der Waals surface area contributed by atoms with Crippen LogP contribution >= 0.6 is 0 Å². The third-order valence-electron chi connectivity index (χ3n) is 2.88. The number of hydrogen-bond donors (Lipinski definition) is 1. The summed E-state index contributed by atoms with van der Waals surface area (Å²) in [5.41, 5.74) is 0. The van der Waals surface area contributed by atoms with E-state index in [1.165, 1.54) is 0 Å². The van der Waals surface area contributed by atoms with Crippen molar-refractivity contribution in [2.24, 2.45) is 0 Å². The highest BCUT2D eigenvalue weighted by atomic mass is 16.6. The first kappa shape index (κ1) is 12.7. The summed E-state index contributed by atoms with van der Waals surface area (Å²) in [5.74, 6) is 0.612. The van der Waals surface area contributed by atoms with E-state index in [0.29, 0.717) is 31.5 Å². The minimum atomic E-state index is -0.232. The number of nitrogens with one attached hydrogen (secondary N) is 1. The van der Waals surface area contributed by atoms with Crippen molar-refractivity contribution in [3.05, 3.63) is 5.82 Å². The van der Waals surface area contributed by atoms with Crippen LogP contribution in [-0.2, 0) is 4.74 Å². The molecule has 7 nitrogen and oxygen atoms in total. The van der Waals surface area contributed by atoms with E-state index in [0.717, 1.165) is 12.8 Å². The van der Waals surface area contributed by atoms with Gasteiger partial charge < -0.3 is 19.5 Å². The van der Waals surface area contributed by atoms with E-state index in [1.807, 2.05) is 6.92 Å². The van der Waals surface area contributed by atoms with Gasteiger partial charge in [-0.3, -0.25) is 0 Å². The van der Waals surface area contributed by atoms with E-state index >= 15 is 0 Å². The van der Waals surface area contributed by atoms with E-state index < -0.39 is 0 Å². The van der Waals surface area contributed by atoms with Crippen LogP contribution in [0.4, 0.5) is 10.8 Å². The van der Waals surface area contributed by atoms with Crippen LogP contribution in [0.25, 0.3) is 0 Å². The van der Waals surface area contributed by atoms with Gasteiger partial charge in [0.15, 0.2) is 5.82 Å². The summed E-state index contributed by atoms with van der Waals surface area (Å²) >= 11 is 0. The predicted molar refractivity (Wildman–Crippen MR) is 64.3 cm³/mol. The Morgan fingerprint density at radius 3 is 2.83 bits per heavy atom. The van der Waals surface area contributed by atoms with Crippen molar-refractivity contribution in [3.63, 3.8) is 0 Å². The lowest BCUT2D eigenvalue weighted by Crippen LogP contribution is -2.42. The molecule has 7 heteroatoms. The van der Waals surface area contributed by atoms with Crippen molar-refractivity contribution in [2.75, 3.05) is 25.0 Å². The first-order valence-corrected chi connectivity index (χ1v) is 6.17. The van der Waals surface area contributed by atoms with E-state index in [1.54, 1.807) is 11.8 Å². The third kappa shape index (κ3) is 3.12. The number of carbonyl (C=O) groups excluding carboxylic acids is 1. The van der Waals surface area contributed by atoms with E-state index in [4.69, 9.17) is 9.26 Å². The van der Waals surface area contributed by atoms with Gasteiger partial charge in [-0.25, -0.2) is 4.79 Å². The average molecular weight is 254 g/mol. The molecule has 2 rings (SSSR count). The second kappa shape index (κ2) is 5.70. The second-order valence-electron chi connectivity index (χ2n) is 4.25. The largest absolute Gasteiger partial charge is 0.450 e. The maximum absolute atomic E-state index is 11.5. The number of piperidine rings is 1. The van der Waals surface area contributed by atoms with Gasteiger partial charge in [0.2, 0.25) is 0 Å². The smallest absolute Gasteiger partial charge is 0.409 e. The first-order chi connectivity index (χ1) is 8.69. The molecule has 1 fully saturated rings. The van der Waals surface area contributed by atoms with Crippen molar-refractivity contribution in [2.45, 2.75) is 32.7 Å². The fourth-order valence-corrected chi connectivity index (χ4v) is 1.95. The molecule has 1 N–H and O–H groups in total. The van der Waals surface area contributed by atoms with Gasteiger partial charge >= 0.3 is 12.1 Å². The average Bonchev–Trinajstić information content (AvgIpc) is 2.76. The number of aromatic nitrogens is 2. The number of likely N-dealkylation sites (tertiary alicyclic amines) is 1. The Kier molecular flexibility index (Phi) is 4.01. The molecule has 0 bridgehead atoms. The van der Waals surface area contributed by atoms with Crippen molar-refractivity contribution in [1.29, 1.82) is 0 Å². The lowest BCUT2D eigenvalue weighted by atomic mass is 10.1. The maximum Gasteiger partial charge on any atom is 0.409 e. The molecule has 2 heterocycles. The van der Waals surface area contributed by atoms with Crippen LogP contribution in [0.15, 0.2) is 4.52 Å². The lowest BCUT2D eigenvalue weighted by molar-refractivity contribution is 0.0982. The Morgan fingerprint density at radius 2 is 2.28 bits per heavy atom. The number of aryl methyl sites for hydroxylation is 1. The van der Waals surface area contributed by atoms with Gasteiger partial charge in [0.1, 0.15) is 0 Å². The monoisotopic (exact) mass is 254 g/mol. The molecule has 18 heavy (non-hydrogen) atoms. The molecule has 0 aliphatic carbocycles. The molecule has 1 aromatic rings. The molecule has 1 aromatic heterocycles. The fraction of sp³-hybridized carbons (Fsp3) is 0.727. The van der Waals surface area contributed by atoms with Crippen LogP contribution in [0.3, 0.4) is 0 Å². The standard InChI is InChI=1S/C11H18N4O3/c1-3-17-11(16)15-6-4-9(5-7-15)13-10-12-8(2)14-18-10/h9H,3-7H2,1-2H3,(H,12,13,14). The Bertz CT molecular complexity index is 399. The summed E-state index contributed by atoms with van der Waals surface area (Å²) in [4.78, 5) is 17.3. The number of carbonyl (C=O) groups is 1. The van der Waals surface area contributed by atoms with Gasteiger partial charge in [0.05, 0.1) is 6.61 Å². The highest BCUT2D eigenvalue weighted by Gasteiger charge is 2.24. The van der Waals surface area contributed by atoms with Gasteiger partial charge in [0.25, 0.3) is 0 Å². The zero-order chi connectivity index (χ0) is 13.0. The molecule has 1 saturated heterocycles. The van der Waals surface area contributed by atoms with Gasteiger partial charge in [-0.2, -0.15) is 4.98 Å².